The Morgan fingerprint density at radius 2 is 2.04 bits per heavy atom. The van der Waals surface area contributed by atoms with Crippen LogP contribution in [0.3, 0.4) is 0 Å². The lowest BCUT2D eigenvalue weighted by Crippen LogP contribution is -2.24. The zero-order valence-corrected chi connectivity index (χ0v) is 12.1. The summed E-state index contributed by atoms with van der Waals surface area (Å²) in [6.07, 6.45) is 3.58. The van der Waals surface area contributed by atoms with Gasteiger partial charge in [0, 0.05) is 35.9 Å². The van der Waals surface area contributed by atoms with Gasteiger partial charge in [-0.25, -0.2) is 4.39 Å². The molecule has 0 bridgehead atoms. The molecular weight excluding hydrogens is 295 g/mol. The lowest BCUT2D eigenvalue weighted by atomic mass is 9.84. The highest BCUT2D eigenvalue weighted by Gasteiger charge is 2.33. The maximum Gasteiger partial charge on any atom is 0.226 e. The summed E-state index contributed by atoms with van der Waals surface area (Å²) in [6, 6.07) is 10.2. The van der Waals surface area contributed by atoms with E-state index in [4.69, 9.17) is 0 Å². The van der Waals surface area contributed by atoms with Crippen LogP contribution in [0.5, 0.6) is 0 Å². The fraction of sp³-hybridized carbons (Fsp3) is 0.118. The Morgan fingerprint density at radius 3 is 2.83 bits per heavy atom. The topological polar surface area (TPSA) is 70.7 Å². The molecule has 23 heavy (non-hydrogen) atoms. The maximum atomic E-state index is 14.3. The second-order valence-electron chi connectivity index (χ2n) is 5.43. The van der Waals surface area contributed by atoms with Crippen LogP contribution in [-0.2, 0) is 4.79 Å². The molecule has 1 aromatic carbocycles. The number of amides is 1. The molecule has 0 saturated heterocycles. The molecule has 0 radical (unpaired) electrons. The number of hydrogen-bond donors (Lipinski definition) is 2. The van der Waals surface area contributed by atoms with Crippen LogP contribution in [0.4, 0.5) is 10.2 Å². The van der Waals surface area contributed by atoms with E-state index >= 15 is 0 Å². The van der Waals surface area contributed by atoms with Crippen LogP contribution in [-0.4, -0.2) is 21.1 Å². The second kappa shape index (κ2) is 5.31. The molecule has 3 heterocycles. The number of benzene rings is 1. The van der Waals surface area contributed by atoms with Crippen LogP contribution >= 0.6 is 0 Å². The molecule has 5 nitrogen and oxygen atoms in total. The third-order valence-corrected chi connectivity index (χ3v) is 4.03. The number of H-pyrrole nitrogens is 1. The Bertz CT molecular complexity index is 875. The zero-order valence-electron chi connectivity index (χ0n) is 12.1. The van der Waals surface area contributed by atoms with Crippen LogP contribution in [0.2, 0.25) is 0 Å². The highest BCUT2D eigenvalue weighted by atomic mass is 19.1. The molecule has 1 aliphatic rings. The van der Waals surface area contributed by atoms with Crippen LogP contribution in [0, 0.1) is 5.82 Å². The van der Waals surface area contributed by atoms with Gasteiger partial charge in [0.05, 0.1) is 5.69 Å². The Kier molecular flexibility index (Phi) is 3.15. The van der Waals surface area contributed by atoms with E-state index in [2.05, 4.69) is 20.5 Å². The predicted octanol–water partition coefficient (Wildman–Crippen LogP) is 3.08. The van der Waals surface area contributed by atoms with E-state index in [-0.39, 0.29) is 24.1 Å². The van der Waals surface area contributed by atoms with E-state index in [1.165, 1.54) is 6.07 Å². The van der Waals surface area contributed by atoms with Crippen molar-refractivity contribution in [2.24, 2.45) is 0 Å². The van der Waals surface area contributed by atoms with Gasteiger partial charge in [-0.2, -0.15) is 5.10 Å². The summed E-state index contributed by atoms with van der Waals surface area (Å²) in [6.45, 7) is 0. The number of hydrogen-bond acceptors (Lipinski definition) is 3. The smallest absolute Gasteiger partial charge is 0.226 e. The number of aromatic nitrogens is 3. The molecule has 3 aromatic rings. The summed E-state index contributed by atoms with van der Waals surface area (Å²) >= 11 is 0. The molecule has 0 aliphatic carbocycles. The van der Waals surface area contributed by atoms with Gasteiger partial charge in [-0.1, -0.05) is 18.2 Å². The van der Waals surface area contributed by atoms with Crippen LogP contribution in [0.15, 0.2) is 48.8 Å². The predicted molar refractivity (Wildman–Crippen MR) is 83.3 cm³/mol. The van der Waals surface area contributed by atoms with Crippen LogP contribution in [0.25, 0.3) is 11.3 Å². The number of rotatable bonds is 2. The van der Waals surface area contributed by atoms with Gasteiger partial charge in [-0.15, -0.1) is 0 Å². The molecule has 0 saturated carbocycles. The monoisotopic (exact) mass is 308 g/mol. The van der Waals surface area contributed by atoms with Gasteiger partial charge in [0.15, 0.2) is 5.82 Å². The first-order chi connectivity index (χ1) is 11.2. The second-order valence-corrected chi connectivity index (χ2v) is 5.43. The Morgan fingerprint density at radius 1 is 1.17 bits per heavy atom. The van der Waals surface area contributed by atoms with Crippen molar-refractivity contribution in [3.63, 3.8) is 0 Å². The number of fused-ring (bicyclic) bond motifs is 1. The quantitative estimate of drug-likeness (QED) is 0.764. The van der Waals surface area contributed by atoms with Gasteiger partial charge < -0.3 is 5.32 Å². The largest absolute Gasteiger partial charge is 0.309 e. The first-order valence-corrected chi connectivity index (χ1v) is 7.27. The lowest BCUT2D eigenvalue weighted by Gasteiger charge is -2.23. The van der Waals surface area contributed by atoms with Crippen molar-refractivity contribution in [2.45, 2.75) is 12.3 Å². The van der Waals surface area contributed by atoms with E-state index in [0.717, 1.165) is 16.8 Å². The molecule has 2 N–H and O–H groups in total. The van der Waals surface area contributed by atoms with Crippen molar-refractivity contribution in [3.05, 3.63) is 65.7 Å². The summed E-state index contributed by atoms with van der Waals surface area (Å²) in [4.78, 5) is 16.1. The van der Waals surface area contributed by atoms with E-state index in [1.807, 2.05) is 12.1 Å². The number of nitrogens with zero attached hydrogens (tertiary/aromatic N) is 2. The summed E-state index contributed by atoms with van der Waals surface area (Å²) < 4.78 is 14.3. The van der Waals surface area contributed by atoms with Gasteiger partial charge in [0.2, 0.25) is 5.91 Å². The minimum atomic E-state index is -0.381. The normalized spacial score (nSPS) is 16.7. The molecule has 0 spiro atoms. The number of pyridine rings is 1. The number of anilines is 1. The fourth-order valence-electron chi connectivity index (χ4n) is 3.01. The summed E-state index contributed by atoms with van der Waals surface area (Å²) in [5.41, 5.74) is 2.89. The first kappa shape index (κ1) is 13.6. The molecule has 4 rings (SSSR count). The highest BCUT2D eigenvalue weighted by molar-refractivity contribution is 5.96. The molecule has 1 aliphatic heterocycles. The summed E-state index contributed by atoms with van der Waals surface area (Å²) in [5.74, 6) is -0.422. The first-order valence-electron chi connectivity index (χ1n) is 7.27. The SMILES string of the molecule is O=C1CC(c2ccccc2F)c2c(n[nH]c2-c2cccnc2)N1. The van der Waals surface area contributed by atoms with Gasteiger partial charge in [-0.05, 0) is 23.8 Å². The van der Waals surface area contributed by atoms with Crippen molar-refractivity contribution in [3.8, 4) is 11.3 Å². The minimum Gasteiger partial charge on any atom is -0.309 e. The summed E-state index contributed by atoms with van der Waals surface area (Å²) in [5, 5.41) is 9.87. The van der Waals surface area contributed by atoms with Crippen LogP contribution in [0.1, 0.15) is 23.5 Å². The third kappa shape index (κ3) is 2.28. The number of nitrogens with one attached hydrogen (secondary N) is 2. The van der Waals surface area contributed by atoms with E-state index < -0.39 is 0 Å². The molecule has 6 heteroatoms. The molecule has 2 aromatic heterocycles. The number of halogens is 1. The highest BCUT2D eigenvalue weighted by Crippen LogP contribution is 2.42. The Balaban J connectivity index is 1.91. The Hall–Kier alpha value is -3.02. The van der Waals surface area contributed by atoms with Crippen molar-refractivity contribution < 1.29 is 9.18 Å². The molecular formula is C17H13FN4O. The van der Waals surface area contributed by atoms with Crippen molar-refractivity contribution in [1.82, 2.24) is 15.2 Å². The maximum absolute atomic E-state index is 14.3. The average molecular weight is 308 g/mol. The molecule has 1 atom stereocenters. The number of carbonyl (C=O) groups is 1. The van der Waals surface area contributed by atoms with E-state index in [9.17, 15) is 9.18 Å². The van der Waals surface area contributed by atoms with Crippen molar-refractivity contribution in [2.75, 3.05) is 5.32 Å². The Labute approximate surface area is 131 Å². The number of aromatic amines is 1. The fourth-order valence-corrected chi connectivity index (χ4v) is 3.01. The minimum absolute atomic E-state index is 0.171. The molecule has 1 amide bonds. The van der Waals surface area contributed by atoms with Gasteiger partial charge >= 0.3 is 0 Å². The number of carbonyl (C=O) groups excluding carboxylic acids is 1. The molecule has 1 unspecified atom stereocenters. The molecule has 0 fully saturated rings. The third-order valence-electron chi connectivity index (χ3n) is 4.03. The van der Waals surface area contributed by atoms with Crippen molar-refractivity contribution >= 4 is 11.7 Å². The summed E-state index contributed by atoms with van der Waals surface area (Å²) in [7, 11) is 0. The zero-order chi connectivity index (χ0) is 15.8. The lowest BCUT2D eigenvalue weighted by molar-refractivity contribution is -0.116. The standard InChI is InChI=1S/C17H13FN4O/c18-13-6-2-1-5-11(13)12-8-14(23)20-17-15(12)16(21-22-17)10-4-3-7-19-9-10/h1-7,9,12H,8H2,(H2,20,21,22,23). The van der Waals surface area contributed by atoms with E-state index in [0.29, 0.717) is 11.4 Å². The van der Waals surface area contributed by atoms with Crippen molar-refractivity contribution in [1.29, 1.82) is 0 Å². The van der Waals surface area contributed by atoms with Gasteiger partial charge in [0.1, 0.15) is 5.82 Å². The van der Waals surface area contributed by atoms with Gasteiger partial charge in [0.25, 0.3) is 0 Å². The average Bonchev–Trinajstić information content (AvgIpc) is 2.99. The van der Waals surface area contributed by atoms with Crippen LogP contribution < -0.4 is 5.32 Å². The van der Waals surface area contributed by atoms with Gasteiger partial charge in [-0.3, -0.25) is 14.9 Å². The van der Waals surface area contributed by atoms with E-state index in [1.54, 1.807) is 30.6 Å². The molecule has 114 valence electrons.